The number of nitrogens with two attached hydrogens (primary N) is 1. The summed E-state index contributed by atoms with van der Waals surface area (Å²) < 4.78 is 34.3. The molecule has 0 aliphatic heterocycles. The van der Waals surface area contributed by atoms with Crippen LogP contribution in [0.3, 0.4) is 0 Å². The van der Waals surface area contributed by atoms with Gasteiger partial charge in [-0.05, 0) is 36.4 Å². The van der Waals surface area contributed by atoms with E-state index < -0.39 is 16.0 Å². The van der Waals surface area contributed by atoms with Gasteiger partial charge in [0.1, 0.15) is 16.7 Å². The van der Waals surface area contributed by atoms with E-state index in [0.29, 0.717) is 0 Å². The van der Waals surface area contributed by atoms with Gasteiger partial charge in [-0.1, -0.05) is 12.1 Å². The van der Waals surface area contributed by atoms with E-state index in [2.05, 4.69) is 4.72 Å². The number of anilines is 2. The lowest BCUT2D eigenvalue weighted by Crippen LogP contribution is -2.17. The Morgan fingerprint density at radius 1 is 1.21 bits per heavy atom. The zero-order chi connectivity index (χ0) is 21.2. The number of nitrogens with one attached hydrogen (secondary N) is 1. The second kappa shape index (κ2) is 7.57. The Labute approximate surface area is 166 Å². The lowest BCUT2D eigenvalue weighted by molar-refractivity contribution is 0.0593. The van der Waals surface area contributed by atoms with Crippen molar-refractivity contribution in [1.29, 1.82) is 5.26 Å². The molecule has 1 heterocycles. The number of methoxy groups -OCH3 is 1. The Balaban J connectivity index is 2.17. The highest BCUT2D eigenvalue weighted by atomic mass is 32.2. The molecule has 0 atom stereocenters. The lowest BCUT2D eigenvalue weighted by atomic mass is 10.2. The molecule has 0 bridgehead atoms. The van der Waals surface area contributed by atoms with Crippen molar-refractivity contribution in [1.82, 2.24) is 4.57 Å². The van der Waals surface area contributed by atoms with Crippen LogP contribution in [0.1, 0.15) is 16.1 Å². The first kappa shape index (κ1) is 19.8. The van der Waals surface area contributed by atoms with E-state index in [0.717, 1.165) is 7.11 Å². The number of nitriles is 1. The van der Waals surface area contributed by atoms with Gasteiger partial charge in [-0.25, -0.2) is 13.2 Å². The number of hydrogen-bond donors (Lipinski definition) is 3. The van der Waals surface area contributed by atoms with Gasteiger partial charge in [-0.15, -0.1) is 0 Å². The van der Waals surface area contributed by atoms with E-state index in [1.165, 1.54) is 53.2 Å². The van der Waals surface area contributed by atoms with Gasteiger partial charge in [0.15, 0.2) is 5.69 Å². The molecule has 0 saturated carbocycles. The average molecular weight is 412 g/mol. The summed E-state index contributed by atoms with van der Waals surface area (Å²) in [5.41, 5.74) is 5.96. The van der Waals surface area contributed by atoms with Crippen molar-refractivity contribution in [2.75, 3.05) is 17.6 Å². The van der Waals surface area contributed by atoms with Gasteiger partial charge in [-0.2, -0.15) is 5.26 Å². The molecule has 148 valence electrons. The van der Waals surface area contributed by atoms with Gasteiger partial charge in [0.05, 0.1) is 24.0 Å². The highest BCUT2D eigenvalue weighted by Gasteiger charge is 2.26. The number of nitrogens with zero attached hydrogens (tertiary/aromatic N) is 2. The number of carbonyl (C=O) groups excluding carboxylic acids is 1. The van der Waals surface area contributed by atoms with Crippen LogP contribution in [0.25, 0.3) is 5.69 Å². The van der Waals surface area contributed by atoms with Crippen molar-refractivity contribution in [2.24, 2.45) is 0 Å². The highest BCUT2D eigenvalue weighted by Crippen LogP contribution is 2.29. The highest BCUT2D eigenvalue weighted by molar-refractivity contribution is 7.92. The maximum Gasteiger partial charge on any atom is 0.357 e. The van der Waals surface area contributed by atoms with Crippen molar-refractivity contribution in [3.63, 3.8) is 0 Å². The monoisotopic (exact) mass is 412 g/mol. The van der Waals surface area contributed by atoms with Crippen molar-refractivity contribution in [2.45, 2.75) is 4.90 Å². The molecular weight excluding hydrogens is 396 g/mol. The number of esters is 1. The van der Waals surface area contributed by atoms with E-state index in [9.17, 15) is 23.6 Å². The molecule has 3 rings (SSSR count). The first-order valence-corrected chi connectivity index (χ1v) is 9.67. The van der Waals surface area contributed by atoms with Crippen LogP contribution in [0.2, 0.25) is 0 Å². The maximum absolute atomic E-state index is 13.0. The number of aromatic nitrogens is 1. The fourth-order valence-electron chi connectivity index (χ4n) is 2.73. The fourth-order valence-corrected chi connectivity index (χ4v) is 3.98. The molecule has 0 amide bonds. The third kappa shape index (κ3) is 3.71. The van der Waals surface area contributed by atoms with Crippen LogP contribution in [0.5, 0.6) is 5.75 Å². The number of nitrogen functional groups attached to an aromatic ring is 1. The summed E-state index contributed by atoms with van der Waals surface area (Å²) in [7, 11) is -2.94. The normalized spacial score (nSPS) is 10.9. The molecule has 4 N–H and O–H groups in total. The second-order valence-electron chi connectivity index (χ2n) is 5.90. The number of sulfonamides is 1. The number of hydrogen-bond acceptors (Lipinski definition) is 7. The zero-order valence-corrected chi connectivity index (χ0v) is 16.0. The molecule has 2 aromatic carbocycles. The second-order valence-corrected chi connectivity index (χ2v) is 7.55. The molecule has 3 aromatic rings. The summed E-state index contributed by atoms with van der Waals surface area (Å²) in [6.07, 6.45) is 1.27. The van der Waals surface area contributed by atoms with E-state index in [1.807, 2.05) is 6.07 Å². The maximum atomic E-state index is 13.0. The summed E-state index contributed by atoms with van der Waals surface area (Å²) in [4.78, 5) is 12.1. The summed E-state index contributed by atoms with van der Waals surface area (Å²) in [5, 5.41) is 18.6. The third-order valence-electron chi connectivity index (χ3n) is 4.08. The van der Waals surface area contributed by atoms with Crippen LogP contribution in [0.15, 0.2) is 59.6 Å². The number of carbonyl (C=O) groups is 1. The van der Waals surface area contributed by atoms with E-state index in [4.69, 9.17) is 10.5 Å². The lowest BCUT2D eigenvalue weighted by Gasteiger charge is -2.15. The SMILES string of the molecule is COC(=O)c1c(N)c(C#N)cn1-c1ccccc1S(=O)(=O)Nc1ccc(O)cc1. The van der Waals surface area contributed by atoms with Gasteiger partial charge in [-0.3, -0.25) is 4.72 Å². The number of rotatable bonds is 5. The summed E-state index contributed by atoms with van der Waals surface area (Å²) in [5.74, 6) is -0.828. The molecule has 0 spiro atoms. The van der Waals surface area contributed by atoms with Crippen molar-refractivity contribution < 1.29 is 23.1 Å². The van der Waals surface area contributed by atoms with Crippen molar-refractivity contribution >= 4 is 27.4 Å². The quantitative estimate of drug-likeness (QED) is 0.430. The molecule has 0 aliphatic rings. The predicted molar refractivity (Wildman–Crippen MR) is 105 cm³/mol. The number of ether oxygens (including phenoxy) is 1. The Kier molecular flexibility index (Phi) is 5.16. The van der Waals surface area contributed by atoms with Crippen LogP contribution < -0.4 is 10.5 Å². The van der Waals surface area contributed by atoms with Crippen LogP contribution in [-0.2, 0) is 14.8 Å². The van der Waals surface area contributed by atoms with Crippen LogP contribution in [0, 0.1) is 11.3 Å². The summed E-state index contributed by atoms with van der Waals surface area (Å²) >= 11 is 0. The van der Waals surface area contributed by atoms with Gasteiger partial charge in [0, 0.05) is 11.9 Å². The molecule has 29 heavy (non-hydrogen) atoms. The molecular formula is C19H16N4O5S. The zero-order valence-electron chi connectivity index (χ0n) is 15.2. The smallest absolute Gasteiger partial charge is 0.357 e. The third-order valence-corrected chi connectivity index (χ3v) is 5.51. The Morgan fingerprint density at radius 3 is 2.48 bits per heavy atom. The Morgan fingerprint density at radius 2 is 1.86 bits per heavy atom. The van der Waals surface area contributed by atoms with Gasteiger partial charge in [0.2, 0.25) is 0 Å². The van der Waals surface area contributed by atoms with E-state index in [1.54, 1.807) is 6.07 Å². The summed E-state index contributed by atoms with van der Waals surface area (Å²) in [6, 6.07) is 13.3. The average Bonchev–Trinajstić information content (AvgIpc) is 3.05. The van der Waals surface area contributed by atoms with Crippen molar-refractivity contribution in [3.05, 3.63) is 66.0 Å². The number of aromatic hydroxyl groups is 1. The minimum atomic E-state index is -4.09. The molecule has 0 radical (unpaired) electrons. The Bertz CT molecular complexity index is 1220. The van der Waals surface area contributed by atoms with E-state index >= 15 is 0 Å². The van der Waals surface area contributed by atoms with Crippen LogP contribution in [0.4, 0.5) is 11.4 Å². The molecule has 1 aromatic heterocycles. The largest absolute Gasteiger partial charge is 0.508 e. The standard InChI is InChI=1S/C19H16N4O5S/c1-28-19(25)18-17(21)12(10-20)11-23(18)15-4-2-3-5-16(15)29(26,27)22-13-6-8-14(24)9-7-13/h2-9,11,22,24H,21H2,1H3. The van der Waals surface area contributed by atoms with E-state index in [-0.39, 0.29) is 39.0 Å². The summed E-state index contributed by atoms with van der Waals surface area (Å²) in [6.45, 7) is 0. The first-order chi connectivity index (χ1) is 13.8. The first-order valence-electron chi connectivity index (χ1n) is 8.19. The molecule has 0 unspecified atom stereocenters. The number of phenolic OH excluding ortho intramolecular Hbond substituents is 1. The fraction of sp³-hybridized carbons (Fsp3) is 0.0526. The predicted octanol–water partition coefficient (Wildman–Crippen LogP) is 2.22. The molecule has 10 heteroatoms. The minimum Gasteiger partial charge on any atom is -0.508 e. The van der Waals surface area contributed by atoms with Crippen LogP contribution in [-0.4, -0.2) is 31.2 Å². The van der Waals surface area contributed by atoms with Crippen molar-refractivity contribution in [3.8, 4) is 17.5 Å². The van der Waals surface area contributed by atoms with Gasteiger partial charge >= 0.3 is 5.97 Å². The molecule has 0 fully saturated rings. The van der Waals surface area contributed by atoms with Gasteiger partial charge in [0.25, 0.3) is 10.0 Å². The number of benzene rings is 2. The minimum absolute atomic E-state index is 0.00379. The van der Waals surface area contributed by atoms with Gasteiger partial charge < -0.3 is 20.1 Å². The molecule has 0 aliphatic carbocycles. The molecule has 0 saturated heterocycles. The molecule has 9 nitrogen and oxygen atoms in total. The topological polar surface area (TPSA) is 147 Å². The number of phenols is 1. The number of para-hydroxylation sites is 1. The Hall–Kier alpha value is -3.97. The van der Waals surface area contributed by atoms with Crippen LogP contribution >= 0.6 is 0 Å².